The van der Waals surface area contributed by atoms with Gasteiger partial charge in [0, 0.05) is 0 Å². The normalized spacial score (nSPS) is 10.8. The van der Waals surface area contributed by atoms with Crippen LogP contribution in [0.5, 0.6) is 5.75 Å². The highest BCUT2D eigenvalue weighted by molar-refractivity contribution is 7.99. The Hall–Kier alpha value is -1.95. The number of unbranched alkanes of at least 4 members (excludes halogenated alkanes) is 3. The van der Waals surface area contributed by atoms with E-state index in [1.54, 1.807) is 32.2 Å². The summed E-state index contributed by atoms with van der Waals surface area (Å²) in [5.41, 5.74) is 0.458. The minimum absolute atomic E-state index is 0.0862. The molecule has 0 unspecified atom stereocenters. The smallest absolute Gasteiger partial charge is 0.344 e. The summed E-state index contributed by atoms with van der Waals surface area (Å²) in [7, 11) is 1.54. The zero-order chi connectivity index (χ0) is 18.2. The lowest BCUT2D eigenvalue weighted by Gasteiger charge is -2.11. The quantitative estimate of drug-likeness (QED) is 0.407. The van der Waals surface area contributed by atoms with Crippen molar-refractivity contribution in [2.24, 2.45) is 0 Å². The predicted molar refractivity (Wildman–Crippen MR) is 102 cm³/mol. The fourth-order valence-corrected chi connectivity index (χ4v) is 3.62. The minimum atomic E-state index is -0.579. The fraction of sp³-hybridized carbons (Fsp3) is 0.474. The summed E-state index contributed by atoms with van der Waals surface area (Å²) in [4.78, 5) is 28.4. The molecule has 6 heteroatoms. The van der Waals surface area contributed by atoms with Crippen molar-refractivity contribution < 1.29 is 14.3 Å². The van der Waals surface area contributed by atoms with Crippen molar-refractivity contribution in [1.82, 2.24) is 4.98 Å². The van der Waals surface area contributed by atoms with Gasteiger partial charge in [0.15, 0.2) is 0 Å². The second kappa shape index (κ2) is 9.51. The third-order valence-electron chi connectivity index (χ3n) is 3.90. The fourth-order valence-electron chi connectivity index (χ4n) is 2.57. The lowest BCUT2D eigenvalue weighted by molar-refractivity contribution is 0.0520. The molecule has 136 valence electrons. The molecule has 1 aromatic carbocycles. The van der Waals surface area contributed by atoms with Crippen LogP contribution >= 0.6 is 11.8 Å². The molecule has 0 aliphatic carbocycles. The van der Waals surface area contributed by atoms with Crippen LogP contribution < -0.4 is 10.2 Å². The highest BCUT2D eigenvalue weighted by Gasteiger charge is 2.20. The summed E-state index contributed by atoms with van der Waals surface area (Å²) in [5.74, 6) is 0.849. The van der Waals surface area contributed by atoms with E-state index in [4.69, 9.17) is 9.47 Å². The van der Waals surface area contributed by atoms with Crippen LogP contribution in [0.1, 0.15) is 49.9 Å². The SMILES string of the molecule is CCCCCCSc1[nH]c2ccc(OC)cc2c(=O)c1C(=O)OCC. The monoisotopic (exact) mass is 363 g/mol. The molecule has 0 radical (unpaired) electrons. The van der Waals surface area contributed by atoms with Crippen LogP contribution in [-0.2, 0) is 4.74 Å². The van der Waals surface area contributed by atoms with E-state index in [2.05, 4.69) is 11.9 Å². The van der Waals surface area contributed by atoms with Gasteiger partial charge < -0.3 is 14.5 Å². The second-order valence-corrected chi connectivity index (χ2v) is 6.80. The summed E-state index contributed by atoms with van der Waals surface area (Å²) in [5, 5.41) is 1.01. The van der Waals surface area contributed by atoms with Crippen LogP contribution in [-0.4, -0.2) is 30.4 Å². The zero-order valence-electron chi connectivity index (χ0n) is 15.0. The van der Waals surface area contributed by atoms with Crippen LogP contribution in [0.25, 0.3) is 10.9 Å². The van der Waals surface area contributed by atoms with Crippen molar-refractivity contribution in [2.75, 3.05) is 19.5 Å². The van der Waals surface area contributed by atoms with Crippen molar-refractivity contribution in [3.63, 3.8) is 0 Å². The van der Waals surface area contributed by atoms with Gasteiger partial charge in [-0.05, 0) is 37.3 Å². The Kier molecular flexibility index (Phi) is 7.37. The number of thioether (sulfide) groups is 1. The van der Waals surface area contributed by atoms with Gasteiger partial charge in [-0.1, -0.05) is 26.2 Å². The number of methoxy groups -OCH3 is 1. The Morgan fingerprint density at radius 2 is 2.00 bits per heavy atom. The van der Waals surface area contributed by atoms with Crippen LogP contribution in [0, 0.1) is 0 Å². The molecule has 0 saturated heterocycles. The molecule has 0 fully saturated rings. The van der Waals surface area contributed by atoms with E-state index in [9.17, 15) is 9.59 Å². The molecule has 1 N–H and O–H groups in total. The van der Waals surface area contributed by atoms with E-state index >= 15 is 0 Å². The van der Waals surface area contributed by atoms with E-state index in [0.29, 0.717) is 21.7 Å². The van der Waals surface area contributed by atoms with Crippen LogP contribution in [0.15, 0.2) is 28.0 Å². The number of hydrogen-bond acceptors (Lipinski definition) is 5. The standard InChI is InChI=1S/C19H25NO4S/c1-4-6-7-8-11-25-18-16(19(22)24-5-2)17(21)14-12-13(23-3)9-10-15(14)20-18/h9-10,12H,4-8,11H2,1-3H3,(H,20,21). The number of carbonyl (C=O) groups excluding carboxylic acids is 1. The van der Waals surface area contributed by atoms with Crippen LogP contribution in [0.4, 0.5) is 0 Å². The van der Waals surface area contributed by atoms with Crippen LogP contribution in [0.2, 0.25) is 0 Å². The molecule has 25 heavy (non-hydrogen) atoms. The van der Waals surface area contributed by atoms with Gasteiger partial charge in [0.05, 0.1) is 29.6 Å². The number of esters is 1. The number of H-pyrrole nitrogens is 1. The number of pyridine rings is 1. The molecule has 0 aliphatic rings. The van der Waals surface area contributed by atoms with Crippen molar-refractivity contribution in [2.45, 2.75) is 44.6 Å². The number of aromatic amines is 1. The highest BCUT2D eigenvalue weighted by atomic mass is 32.2. The van der Waals surface area contributed by atoms with Gasteiger partial charge in [-0.3, -0.25) is 4.79 Å². The van der Waals surface area contributed by atoms with Crippen molar-refractivity contribution in [3.05, 3.63) is 34.0 Å². The molecule has 0 amide bonds. The highest BCUT2D eigenvalue weighted by Crippen LogP contribution is 2.25. The van der Waals surface area contributed by atoms with E-state index in [1.165, 1.54) is 24.6 Å². The van der Waals surface area contributed by atoms with E-state index in [-0.39, 0.29) is 17.6 Å². The molecule has 1 aromatic heterocycles. The van der Waals surface area contributed by atoms with Crippen molar-refractivity contribution in [1.29, 1.82) is 0 Å². The summed E-state index contributed by atoms with van der Waals surface area (Å²) in [6, 6.07) is 5.23. The number of rotatable bonds is 9. The third-order valence-corrected chi connectivity index (χ3v) is 4.99. The van der Waals surface area contributed by atoms with Gasteiger partial charge in [-0.2, -0.15) is 0 Å². The number of benzene rings is 1. The molecule has 0 saturated carbocycles. The Morgan fingerprint density at radius 3 is 2.68 bits per heavy atom. The van der Waals surface area contributed by atoms with Gasteiger partial charge in [0.1, 0.15) is 11.3 Å². The molecule has 0 bridgehead atoms. The topological polar surface area (TPSA) is 68.4 Å². The molecule has 2 rings (SSSR count). The number of ether oxygens (including phenoxy) is 2. The second-order valence-electron chi connectivity index (χ2n) is 5.70. The van der Waals surface area contributed by atoms with Gasteiger partial charge in [-0.25, -0.2) is 4.79 Å². The number of aromatic nitrogens is 1. The zero-order valence-corrected chi connectivity index (χ0v) is 15.8. The molecule has 1 heterocycles. The Labute approximate surface area is 152 Å². The first kappa shape index (κ1) is 19.4. The third kappa shape index (κ3) is 4.78. The Morgan fingerprint density at radius 1 is 1.20 bits per heavy atom. The molecular formula is C19H25NO4S. The average Bonchev–Trinajstić information content (AvgIpc) is 2.61. The van der Waals surface area contributed by atoms with Crippen molar-refractivity contribution >= 4 is 28.6 Å². The summed E-state index contributed by atoms with van der Waals surface area (Å²) >= 11 is 1.50. The lowest BCUT2D eigenvalue weighted by Crippen LogP contribution is -2.20. The maximum absolute atomic E-state index is 12.9. The number of carbonyl (C=O) groups is 1. The summed E-state index contributed by atoms with van der Waals surface area (Å²) in [6.07, 6.45) is 4.56. The molecule has 2 aromatic rings. The van der Waals surface area contributed by atoms with E-state index < -0.39 is 5.97 Å². The number of hydrogen-bond donors (Lipinski definition) is 1. The van der Waals surface area contributed by atoms with Crippen molar-refractivity contribution in [3.8, 4) is 5.75 Å². The van der Waals surface area contributed by atoms with Gasteiger partial charge in [0.25, 0.3) is 0 Å². The maximum Gasteiger partial charge on any atom is 0.344 e. The average molecular weight is 363 g/mol. The number of fused-ring (bicyclic) bond motifs is 1. The Bertz CT molecular complexity index is 785. The van der Waals surface area contributed by atoms with Crippen LogP contribution in [0.3, 0.4) is 0 Å². The maximum atomic E-state index is 12.9. The largest absolute Gasteiger partial charge is 0.497 e. The molecular weight excluding hydrogens is 338 g/mol. The van der Waals surface area contributed by atoms with Gasteiger partial charge in [0.2, 0.25) is 5.43 Å². The minimum Gasteiger partial charge on any atom is -0.497 e. The molecule has 0 aliphatic heterocycles. The first-order valence-electron chi connectivity index (χ1n) is 8.66. The number of nitrogens with one attached hydrogen (secondary N) is 1. The lowest BCUT2D eigenvalue weighted by atomic mass is 10.1. The van der Waals surface area contributed by atoms with Gasteiger partial charge >= 0.3 is 5.97 Å². The van der Waals surface area contributed by atoms with Gasteiger partial charge in [-0.15, -0.1) is 11.8 Å². The van der Waals surface area contributed by atoms with E-state index in [0.717, 1.165) is 18.6 Å². The first-order valence-corrected chi connectivity index (χ1v) is 9.64. The summed E-state index contributed by atoms with van der Waals surface area (Å²) in [6.45, 7) is 4.13. The molecule has 0 atom stereocenters. The molecule has 0 spiro atoms. The summed E-state index contributed by atoms with van der Waals surface area (Å²) < 4.78 is 10.3. The Balaban J connectivity index is 2.41. The first-order chi connectivity index (χ1) is 12.1. The molecule has 5 nitrogen and oxygen atoms in total. The predicted octanol–water partition coefficient (Wildman–Crippen LogP) is 4.39. The van der Waals surface area contributed by atoms with E-state index in [1.807, 2.05) is 0 Å².